The molecule has 1 aromatic carbocycles. The molecule has 0 aliphatic carbocycles. The van der Waals surface area contributed by atoms with Gasteiger partial charge in [0, 0.05) is 6.04 Å². The molecule has 0 spiro atoms. The van der Waals surface area contributed by atoms with Gasteiger partial charge in [0.25, 0.3) is 0 Å². The summed E-state index contributed by atoms with van der Waals surface area (Å²) in [7, 11) is 0. The van der Waals surface area contributed by atoms with Gasteiger partial charge >= 0.3 is 0 Å². The van der Waals surface area contributed by atoms with Crippen LogP contribution < -0.4 is 5.73 Å². The molecule has 0 radical (unpaired) electrons. The Morgan fingerprint density at radius 2 is 2.00 bits per heavy atom. The van der Waals surface area contributed by atoms with Gasteiger partial charge in [0.15, 0.2) is 0 Å². The molecule has 1 unspecified atom stereocenters. The molecule has 3 N–H and O–H groups in total. The zero-order chi connectivity index (χ0) is 10.2. The van der Waals surface area contributed by atoms with Crippen molar-refractivity contribution in [1.82, 2.24) is 0 Å². The van der Waals surface area contributed by atoms with Crippen LogP contribution in [0.2, 0.25) is 5.02 Å². The molecule has 3 heteroatoms. The maximum Gasteiger partial charge on any atom is 0.137 e. The lowest BCUT2D eigenvalue weighted by Gasteiger charge is -2.14. The van der Waals surface area contributed by atoms with Gasteiger partial charge < -0.3 is 10.8 Å². The second-order valence-electron chi connectivity index (χ2n) is 3.36. The zero-order valence-corrected chi connectivity index (χ0v) is 8.81. The first-order valence-electron chi connectivity index (χ1n) is 4.19. The number of hydrogen-bond acceptors (Lipinski definition) is 2. The molecule has 0 aliphatic heterocycles. The molecule has 0 aliphatic rings. The van der Waals surface area contributed by atoms with Gasteiger partial charge in [0.05, 0.1) is 5.02 Å². The monoisotopic (exact) mass is 199 g/mol. The summed E-state index contributed by atoms with van der Waals surface area (Å²) in [6.45, 7) is 5.56. The summed E-state index contributed by atoms with van der Waals surface area (Å²) in [5, 5.41) is 10.0. The van der Waals surface area contributed by atoms with E-state index in [-0.39, 0.29) is 11.8 Å². The highest BCUT2D eigenvalue weighted by Crippen LogP contribution is 2.34. The smallest absolute Gasteiger partial charge is 0.137 e. The van der Waals surface area contributed by atoms with Crippen LogP contribution in [0.3, 0.4) is 0 Å². The third-order valence-corrected chi connectivity index (χ3v) is 2.68. The van der Waals surface area contributed by atoms with Gasteiger partial charge in [-0.25, -0.2) is 0 Å². The lowest BCUT2D eigenvalue weighted by molar-refractivity contribution is 0.469. The maximum absolute atomic E-state index is 9.63. The number of rotatable bonds is 1. The van der Waals surface area contributed by atoms with Crippen molar-refractivity contribution in [3.8, 4) is 5.75 Å². The van der Waals surface area contributed by atoms with Gasteiger partial charge in [-0.15, -0.1) is 0 Å². The molecular formula is C10H14ClNO. The van der Waals surface area contributed by atoms with E-state index in [0.717, 1.165) is 16.7 Å². The molecule has 0 saturated heterocycles. The molecule has 0 heterocycles. The minimum Gasteiger partial charge on any atom is -0.506 e. The highest BCUT2D eigenvalue weighted by Gasteiger charge is 2.12. The minimum absolute atomic E-state index is 0.0816. The zero-order valence-electron chi connectivity index (χ0n) is 8.06. The van der Waals surface area contributed by atoms with Gasteiger partial charge in [-0.2, -0.15) is 0 Å². The summed E-state index contributed by atoms with van der Waals surface area (Å²) >= 11 is 5.87. The van der Waals surface area contributed by atoms with Crippen LogP contribution in [0.15, 0.2) is 6.07 Å². The van der Waals surface area contributed by atoms with Crippen LogP contribution >= 0.6 is 11.6 Å². The molecule has 1 atom stereocenters. The minimum atomic E-state index is -0.0816. The molecule has 0 saturated carbocycles. The second kappa shape index (κ2) is 3.56. The van der Waals surface area contributed by atoms with E-state index in [1.54, 1.807) is 0 Å². The second-order valence-corrected chi connectivity index (χ2v) is 3.74. The average Bonchev–Trinajstić information content (AvgIpc) is 2.07. The van der Waals surface area contributed by atoms with Crippen LogP contribution in [0.4, 0.5) is 0 Å². The number of benzene rings is 1. The summed E-state index contributed by atoms with van der Waals surface area (Å²) in [4.78, 5) is 0. The van der Waals surface area contributed by atoms with E-state index in [1.165, 1.54) is 0 Å². The van der Waals surface area contributed by atoms with Crippen LogP contribution in [0, 0.1) is 13.8 Å². The van der Waals surface area contributed by atoms with Crippen molar-refractivity contribution in [2.45, 2.75) is 26.8 Å². The maximum atomic E-state index is 9.63. The average molecular weight is 200 g/mol. The number of phenolic OH excluding ortho intramolecular Hbond substituents is 1. The molecule has 0 bridgehead atoms. The summed E-state index contributed by atoms with van der Waals surface area (Å²) in [5.41, 5.74) is 8.32. The van der Waals surface area contributed by atoms with E-state index in [2.05, 4.69) is 0 Å². The van der Waals surface area contributed by atoms with Crippen LogP contribution in [0.25, 0.3) is 0 Å². The van der Waals surface area contributed by atoms with Crippen molar-refractivity contribution in [3.05, 3.63) is 27.8 Å². The van der Waals surface area contributed by atoms with Crippen LogP contribution in [0.5, 0.6) is 5.75 Å². The molecule has 1 rings (SSSR count). The summed E-state index contributed by atoms with van der Waals surface area (Å²) < 4.78 is 0. The third kappa shape index (κ3) is 1.79. The Kier molecular flexibility index (Phi) is 2.84. The number of aromatic hydroxyl groups is 1. The lowest BCUT2D eigenvalue weighted by Crippen LogP contribution is -2.07. The first kappa shape index (κ1) is 10.4. The SMILES string of the molecule is Cc1cc(C(C)N)c(C)c(O)c1Cl. The fourth-order valence-electron chi connectivity index (χ4n) is 1.37. The van der Waals surface area contributed by atoms with Crippen LogP contribution in [-0.4, -0.2) is 5.11 Å². The van der Waals surface area contributed by atoms with E-state index in [1.807, 2.05) is 26.8 Å². The number of halogens is 1. The Balaban J connectivity index is 3.41. The predicted octanol–water partition coefficient (Wildman–Crippen LogP) is 2.68. The summed E-state index contributed by atoms with van der Waals surface area (Å²) in [5.74, 6) is 0.147. The van der Waals surface area contributed by atoms with Crippen molar-refractivity contribution in [2.75, 3.05) is 0 Å². The summed E-state index contributed by atoms with van der Waals surface area (Å²) in [6, 6.07) is 1.84. The largest absolute Gasteiger partial charge is 0.506 e. The van der Waals surface area contributed by atoms with E-state index < -0.39 is 0 Å². The van der Waals surface area contributed by atoms with Crippen molar-refractivity contribution < 1.29 is 5.11 Å². The van der Waals surface area contributed by atoms with Crippen molar-refractivity contribution in [3.63, 3.8) is 0 Å². The lowest BCUT2D eigenvalue weighted by atomic mass is 9.99. The number of aryl methyl sites for hydroxylation is 1. The normalized spacial score (nSPS) is 13.0. The first-order chi connectivity index (χ1) is 5.95. The molecule has 0 amide bonds. The predicted molar refractivity (Wildman–Crippen MR) is 55.2 cm³/mol. The first-order valence-corrected chi connectivity index (χ1v) is 4.57. The number of hydrogen-bond donors (Lipinski definition) is 2. The quantitative estimate of drug-likeness (QED) is 0.731. The Labute approximate surface area is 83.3 Å². The van der Waals surface area contributed by atoms with Gasteiger partial charge in [0.2, 0.25) is 0 Å². The fraction of sp³-hybridized carbons (Fsp3) is 0.400. The van der Waals surface area contributed by atoms with Gasteiger partial charge in [-0.1, -0.05) is 17.7 Å². The molecule has 2 nitrogen and oxygen atoms in total. The highest BCUT2D eigenvalue weighted by atomic mass is 35.5. The Morgan fingerprint density at radius 3 is 2.46 bits per heavy atom. The van der Waals surface area contributed by atoms with Crippen LogP contribution in [-0.2, 0) is 0 Å². The molecule has 0 aromatic heterocycles. The van der Waals surface area contributed by atoms with Crippen molar-refractivity contribution in [1.29, 1.82) is 0 Å². The van der Waals surface area contributed by atoms with E-state index in [9.17, 15) is 5.11 Å². The van der Waals surface area contributed by atoms with Gasteiger partial charge in [0.1, 0.15) is 5.75 Å². The molecule has 13 heavy (non-hydrogen) atoms. The van der Waals surface area contributed by atoms with Crippen LogP contribution in [0.1, 0.15) is 29.7 Å². The highest BCUT2D eigenvalue weighted by molar-refractivity contribution is 6.32. The molecular weight excluding hydrogens is 186 g/mol. The Hall–Kier alpha value is -0.730. The third-order valence-electron chi connectivity index (χ3n) is 2.20. The molecule has 1 aromatic rings. The standard InChI is InChI=1S/C10H14ClNO/c1-5-4-8(7(3)12)6(2)10(13)9(5)11/h4,7,13H,12H2,1-3H3. The van der Waals surface area contributed by atoms with E-state index >= 15 is 0 Å². The Bertz CT molecular complexity index is 334. The van der Waals surface area contributed by atoms with Gasteiger partial charge in [-0.3, -0.25) is 0 Å². The van der Waals surface area contributed by atoms with E-state index in [4.69, 9.17) is 17.3 Å². The van der Waals surface area contributed by atoms with Crippen molar-refractivity contribution >= 4 is 11.6 Å². The summed E-state index contributed by atoms with van der Waals surface area (Å²) in [6.07, 6.45) is 0. The number of phenols is 1. The molecule has 0 fully saturated rings. The van der Waals surface area contributed by atoms with Gasteiger partial charge in [-0.05, 0) is 37.5 Å². The number of nitrogens with two attached hydrogens (primary N) is 1. The molecule has 72 valence electrons. The van der Waals surface area contributed by atoms with E-state index in [0.29, 0.717) is 5.02 Å². The fourth-order valence-corrected chi connectivity index (χ4v) is 1.56. The Morgan fingerprint density at radius 1 is 1.46 bits per heavy atom. The topological polar surface area (TPSA) is 46.2 Å². The van der Waals surface area contributed by atoms with Crippen molar-refractivity contribution in [2.24, 2.45) is 5.73 Å².